The zero-order chi connectivity index (χ0) is 11.5. The zero-order valence-corrected chi connectivity index (χ0v) is 9.88. The molecule has 2 aromatic heterocycles. The van der Waals surface area contributed by atoms with Crippen molar-refractivity contribution in [2.24, 2.45) is 0 Å². The summed E-state index contributed by atoms with van der Waals surface area (Å²) in [6.45, 7) is 1.98. The van der Waals surface area contributed by atoms with Crippen LogP contribution in [0.15, 0.2) is 29.9 Å². The number of hydrogen-bond donors (Lipinski definition) is 0. The van der Waals surface area contributed by atoms with Crippen molar-refractivity contribution in [3.8, 4) is 11.1 Å². The standard InChI is InChI=1S/C12H11NO2S/c1-8-7-16-11(12(14)15-2)10(8)9-3-5-13-6-4-9/h3-7H,1-2H3. The summed E-state index contributed by atoms with van der Waals surface area (Å²) in [6, 6.07) is 3.78. The Bertz CT molecular complexity index is 505. The van der Waals surface area contributed by atoms with Crippen molar-refractivity contribution in [3.05, 3.63) is 40.3 Å². The number of thiophene rings is 1. The van der Waals surface area contributed by atoms with Crippen LogP contribution in [0.1, 0.15) is 15.2 Å². The van der Waals surface area contributed by atoms with Gasteiger partial charge in [0.25, 0.3) is 0 Å². The molecule has 2 heterocycles. The van der Waals surface area contributed by atoms with Gasteiger partial charge in [-0.1, -0.05) is 0 Å². The van der Waals surface area contributed by atoms with Gasteiger partial charge in [0.2, 0.25) is 0 Å². The fourth-order valence-corrected chi connectivity index (χ4v) is 2.55. The fraction of sp³-hybridized carbons (Fsp3) is 0.167. The molecule has 0 radical (unpaired) electrons. The highest BCUT2D eigenvalue weighted by atomic mass is 32.1. The summed E-state index contributed by atoms with van der Waals surface area (Å²) in [4.78, 5) is 16.2. The van der Waals surface area contributed by atoms with Crippen LogP contribution < -0.4 is 0 Å². The third-order valence-electron chi connectivity index (χ3n) is 2.31. The van der Waals surface area contributed by atoms with Gasteiger partial charge in [-0.05, 0) is 35.6 Å². The maximum Gasteiger partial charge on any atom is 0.348 e. The molecule has 3 nitrogen and oxygen atoms in total. The first-order valence-corrected chi connectivity index (χ1v) is 5.69. The number of carbonyl (C=O) groups is 1. The average molecular weight is 233 g/mol. The highest BCUT2D eigenvalue weighted by Crippen LogP contribution is 2.32. The Balaban J connectivity index is 2.56. The molecule has 0 aromatic carbocycles. The number of hydrogen-bond acceptors (Lipinski definition) is 4. The van der Waals surface area contributed by atoms with Crippen molar-refractivity contribution >= 4 is 17.3 Å². The Kier molecular flexibility index (Phi) is 3.01. The first-order valence-electron chi connectivity index (χ1n) is 4.81. The molecule has 2 rings (SSSR count). The summed E-state index contributed by atoms with van der Waals surface area (Å²) in [5, 5.41) is 1.96. The van der Waals surface area contributed by atoms with Gasteiger partial charge in [-0.2, -0.15) is 0 Å². The van der Waals surface area contributed by atoms with E-state index in [-0.39, 0.29) is 5.97 Å². The number of pyridine rings is 1. The lowest BCUT2D eigenvalue weighted by atomic mass is 10.0. The number of esters is 1. The van der Waals surface area contributed by atoms with Crippen LogP contribution >= 0.6 is 11.3 Å². The third kappa shape index (κ3) is 1.84. The molecule has 0 fully saturated rings. The normalized spacial score (nSPS) is 10.1. The maximum absolute atomic E-state index is 11.6. The smallest absolute Gasteiger partial charge is 0.348 e. The highest BCUT2D eigenvalue weighted by Gasteiger charge is 2.17. The van der Waals surface area contributed by atoms with Gasteiger partial charge in [0.05, 0.1) is 7.11 Å². The fourth-order valence-electron chi connectivity index (χ4n) is 1.56. The maximum atomic E-state index is 11.6. The molecule has 0 spiro atoms. The Morgan fingerprint density at radius 3 is 2.69 bits per heavy atom. The number of nitrogens with zero attached hydrogens (tertiary/aromatic N) is 1. The number of ether oxygens (including phenoxy) is 1. The largest absolute Gasteiger partial charge is 0.465 e. The zero-order valence-electron chi connectivity index (χ0n) is 9.06. The number of aromatic nitrogens is 1. The van der Waals surface area contributed by atoms with E-state index >= 15 is 0 Å². The van der Waals surface area contributed by atoms with Crippen molar-refractivity contribution in [2.45, 2.75) is 6.92 Å². The van der Waals surface area contributed by atoms with E-state index in [0.717, 1.165) is 16.7 Å². The lowest BCUT2D eigenvalue weighted by Gasteiger charge is -2.03. The van der Waals surface area contributed by atoms with E-state index < -0.39 is 0 Å². The summed E-state index contributed by atoms with van der Waals surface area (Å²) < 4.78 is 4.77. The Labute approximate surface area is 97.7 Å². The molecule has 0 unspecified atom stereocenters. The monoisotopic (exact) mass is 233 g/mol. The number of aryl methyl sites for hydroxylation is 1. The SMILES string of the molecule is COC(=O)c1scc(C)c1-c1ccncc1. The lowest BCUT2D eigenvalue weighted by Crippen LogP contribution is -2.00. The van der Waals surface area contributed by atoms with Gasteiger partial charge < -0.3 is 4.74 Å². The van der Waals surface area contributed by atoms with Crippen LogP contribution in [0, 0.1) is 6.92 Å². The molecule has 0 saturated heterocycles. The highest BCUT2D eigenvalue weighted by molar-refractivity contribution is 7.12. The third-order valence-corrected chi connectivity index (χ3v) is 3.39. The second kappa shape index (κ2) is 4.45. The van der Waals surface area contributed by atoms with Crippen molar-refractivity contribution in [3.63, 3.8) is 0 Å². The van der Waals surface area contributed by atoms with E-state index in [1.807, 2.05) is 24.4 Å². The van der Waals surface area contributed by atoms with E-state index in [1.165, 1.54) is 18.4 Å². The summed E-state index contributed by atoms with van der Waals surface area (Å²) in [5.74, 6) is -0.287. The second-order valence-electron chi connectivity index (χ2n) is 3.35. The second-order valence-corrected chi connectivity index (χ2v) is 4.23. The molecule has 0 aliphatic carbocycles. The van der Waals surface area contributed by atoms with E-state index in [2.05, 4.69) is 4.98 Å². The van der Waals surface area contributed by atoms with Crippen LogP contribution in [0.25, 0.3) is 11.1 Å². The van der Waals surface area contributed by atoms with Crippen LogP contribution in [0.2, 0.25) is 0 Å². The van der Waals surface area contributed by atoms with Crippen LogP contribution in [-0.4, -0.2) is 18.1 Å². The van der Waals surface area contributed by atoms with Gasteiger partial charge in [-0.3, -0.25) is 4.98 Å². The van der Waals surface area contributed by atoms with E-state index in [4.69, 9.17) is 4.74 Å². The van der Waals surface area contributed by atoms with Crippen LogP contribution in [0.3, 0.4) is 0 Å². The topological polar surface area (TPSA) is 39.2 Å². The average Bonchev–Trinajstić information content (AvgIpc) is 2.71. The van der Waals surface area contributed by atoms with Gasteiger partial charge >= 0.3 is 5.97 Å². The Hall–Kier alpha value is -1.68. The van der Waals surface area contributed by atoms with E-state index in [9.17, 15) is 4.79 Å². The molecule has 82 valence electrons. The van der Waals surface area contributed by atoms with Crippen LogP contribution in [0.4, 0.5) is 0 Å². The van der Waals surface area contributed by atoms with Crippen LogP contribution in [0.5, 0.6) is 0 Å². The summed E-state index contributed by atoms with van der Waals surface area (Å²) in [5.41, 5.74) is 3.02. The molecule has 0 bridgehead atoms. The molecule has 4 heteroatoms. The number of methoxy groups -OCH3 is 1. The minimum absolute atomic E-state index is 0.287. The molecule has 0 aliphatic heterocycles. The molecule has 0 N–H and O–H groups in total. The van der Waals surface area contributed by atoms with Gasteiger partial charge in [0.15, 0.2) is 0 Å². The van der Waals surface area contributed by atoms with Gasteiger partial charge in [0, 0.05) is 18.0 Å². The Morgan fingerprint density at radius 1 is 1.38 bits per heavy atom. The summed E-state index contributed by atoms with van der Waals surface area (Å²) in [6.07, 6.45) is 3.43. The molecule has 16 heavy (non-hydrogen) atoms. The summed E-state index contributed by atoms with van der Waals surface area (Å²) in [7, 11) is 1.40. The number of rotatable bonds is 2. The van der Waals surface area contributed by atoms with Gasteiger partial charge in [0.1, 0.15) is 4.88 Å². The molecule has 0 saturated carbocycles. The molecular formula is C12H11NO2S. The van der Waals surface area contributed by atoms with Gasteiger partial charge in [-0.15, -0.1) is 11.3 Å². The van der Waals surface area contributed by atoms with E-state index in [0.29, 0.717) is 4.88 Å². The minimum Gasteiger partial charge on any atom is -0.465 e. The summed E-state index contributed by atoms with van der Waals surface area (Å²) >= 11 is 1.41. The molecule has 0 amide bonds. The lowest BCUT2D eigenvalue weighted by molar-refractivity contribution is 0.0607. The molecular weight excluding hydrogens is 222 g/mol. The molecule has 2 aromatic rings. The molecule has 0 aliphatic rings. The predicted molar refractivity (Wildman–Crippen MR) is 63.6 cm³/mol. The van der Waals surface area contributed by atoms with Crippen molar-refractivity contribution < 1.29 is 9.53 Å². The quantitative estimate of drug-likeness (QED) is 0.749. The Morgan fingerprint density at radius 2 is 2.06 bits per heavy atom. The van der Waals surface area contributed by atoms with Gasteiger partial charge in [-0.25, -0.2) is 4.79 Å². The number of carbonyl (C=O) groups excluding carboxylic acids is 1. The van der Waals surface area contributed by atoms with Crippen molar-refractivity contribution in [2.75, 3.05) is 7.11 Å². The van der Waals surface area contributed by atoms with Crippen molar-refractivity contribution in [1.82, 2.24) is 4.98 Å². The first kappa shape index (κ1) is 10.8. The first-order chi connectivity index (χ1) is 7.74. The van der Waals surface area contributed by atoms with Crippen molar-refractivity contribution in [1.29, 1.82) is 0 Å². The van der Waals surface area contributed by atoms with Crippen LogP contribution in [-0.2, 0) is 4.74 Å². The molecule has 0 atom stereocenters. The predicted octanol–water partition coefficient (Wildman–Crippen LogP) is 2.91. The minimum atomic E-state index is -0.287. The van der Waals surface area contributed by atoms with E-state index in [1.54, 1.807) is 12.4 Å².